The molecule has 1 atom stereocenters. The molecule has 32 heavy (non-hydrogen) atoms. The van der Waals surface area contributed by atoms with Crippen LogP contribution in [-0.4, -0.2) is 40.4 Å². The molecule has 0 saturated carbocycles. The number of ether oxygens (including phenoxy) is 4. The quantitative estimate of drug-likeness (QED) is 0.567. The maximum atomic E-state index is 11.0. The first kappa shape index (κ1) is 21.6. The number of para-hydroxylation sites is 1. The summed E-state index contributed by atoms with van der Waals surface area (Å²) >= 11 is 0. The molecule has 4 rings (SSSR count). The molecule has 0 radical (unpaired) electrons. The Balaban J connectivity index is 1.75. The van der Waals surface area contributed by atoms with E-state index >= 15 is 0 Å². The summed E-state index contributed by atoms with van der Waals surface area (Å²) in [5, 5.41) is 9.06. The molecule has 1 aromatic heterocycles. The molecule has 9 heteroatoms. The number of methoxy groups -OCH3 is 2. The summed E-state index contributed by atoms with van der Waals surface area (Å²) in [6, 6.07) is 7.36. The fourth-order valence-electron chi connectivity index (χ4n) is 4.08. The number of nitrogen functional groups attached to an aromatic ring is 1. The van der Waals surface area contributed by atoms with Gasteiger partial charge in [0, 0.05) is 25.1 Å². The van der Waals surface area contributed by atoms with Crippen molar-refractivity contribution in [3.8, 4) is 28.7 Å². The summed E-state index contributed by atoms with van der Waals surface area (Å²) in [6.07, 6.45) is 1.75. The van der Waals surface area contributed by atoms with Crippen molar-refractivity contribution in [2.45, 2.75) is 38.2 Å². The van der Waals surface area contributed by atoms with Crippen molar-refractivity contribution in [2.75, 3.05) is 20.0 Å². The van der Waals surface area contributed by atoms with Gasteiger partial charge in [-0.2, -0.15) is 0 Å². The van der Waals surface area contributed by atoms with Crippen molar-refractivity contribution < 1.29 is 28.8 Å². The zero-order valence-electron chi connectivity index (χ0n) is 18.6. The van der Waals surface area contributed by atoms with Gasteiger partial charge in [0.1, 0.15) is 16.9 Å². The first-order chi connectivity index (χ1) is 15.3. The molecule has 0 fully saturated rings. The summed E-state index contributed by atoms with van der Waals surface area (Å²) in [4.78, 5) is 15.5. The molecule has 0 amide bonds. The molecule has 1 aliphatic rings. The lowest BCUT2D eigenvalue weighted by Crippen LogP contribution is -2.37. The van der Waals surface area contributed by atoms with Crippen molar-refractivity contribution in [3.05, 3.63) is 29.8 Å². The highest BCUT2D eigenvalue weighted by atomic mass is 16.5. The molecule has 1 unspecified atom stereocenters. The van der Waals surface area contributed by atoms with E-state index in [9.17, 15) is 4.79 Å². The number of carboxylic acids is 1. The first-order valence-corrected chi connectivity index (χ1v) is 10.3. The summed E-state index contributed by atoms with van der Waals surface area (Å²) < 4.78 is 25.7. The molecule has 3 N–H and O–H groups in total. The van der Waals surface area contributed by atoms with E-state index in [2.05, 4.69) is 4.98 Å². The number of carboxylic acid groups (broad SMARTS) is 1. The normalized spacial score (nSPS) is 17.5. The lowest BCUT2D eigenvalue weighted by atomic mass is 9.88. The maximum Gasteiger partial charge on any atom is 0.303 e. The molecule has 0 saturated heterocycles. The van der Waals surface area contributed by atoms with E-state index < -0.39 is 11.6 Å². The molecule has 0 aliphatic carbocycles. The number of hydrogen-bond donors (Lipinski definition) is 2. The third kappa shape index (κ3) is 3.74. The Morgan fingerprint density at radius 2 is 2.06 bits per heavy atom. The van der Waals surface area contributed by atoms with E-state index in [-0.39, 0.29) is 6.42 Å². The van der Waals surface area contributed by atoms with Crippen LogP contribution in [-0.2, 0) is 18.3 Å². The molecular weight excluding hydrogens is 414 g/mol. The maximum absolute atomic E-state index is 11.0. The molecular formula is C23H27N3O6. The first-order valence-electron chi connectivity index (χ1n) is 10.3. The Morgan fingerprint density at radius 3 is 2.75 bits per heavy atom. The second kappa shape index (κ2) is 8.14. The van der Waals surface area contributed by atoms with Crippen LogP contribution in [0.25, 0.3) is 11.0 Å². The number of nitrogens with two attached hydrogens (primary N) is 1. The standard InChI is InChI=1S/C23H27N3O6/c1-23(11-9-18(27)28)10-8-13-16(32-23)12-17(29-3)21(20(13)30-4)31-15-7-5-6-14-19(15)25-22(24)26(14)2/h5-7,12H,8-11H2,1-4H3,(H2,24,25)(H,27,28). The molecule has 170 valence electrons. The number of fused-ring (bicyclic) bond motifs is 2. The molecule has 2 aromatic carbocycles. The van der Waals surface area contributed by atoms with E-state index in [1.165, 1.54) is 0 Å². The van der Waals surface area contributed by atoms with Gasteiger partial charge in [-0.1, -0.05) is 6.07 Å². The summed E-state index contributed by atoms with van der Waals surface area (Å²) in [5.41, 5.74) is 7.72. The SMILES string of the molecule is COc1cc2c(c(OC)c1Oc1cccc3c1nc(N)n3C)CCC(C)(CCC(=O)O)O2. The largest absolute Gasteiger partial charge is 0.493 e. The minimum atomic E-state index is -0.844. The predicted octanol–water partition coefficient (Wildman–Crippen LogP) is 3.91. The number of imidazole rings is 1. The van der Waals surface area contributed by atoms with Gasteiger partial charge in [0.2, 0.25) is 11.7 Å². The zero-order valence-corrected chi connectivity index (χ0v) is 18.6. The van der Waals surface area contributed by atoms with Crippen LogP contribution in [0.2, 0.25) is 0 Å². The fraction of sp³-hybridized carbons (Fsp3) is 0.391. The Morgan fingerprint density at radius 1 is 1.28 bits per heavy atom. The lowest BCUT2D eigenvalue weighted by Gasteiger charge is -2.36. The number of aliphatic carboxylic acids is 1. The molecule has 0 spiro atoms. The Bertz CT molecular complexity index is 1190. The van der Waals surface area contributed by atoms with Gasteiger partial charge >= 0.3 is 5.97 Å². The van der Waals surface area contributed by atoms with Crippen molar-refractivity contribution >= 4 is 23.0 Å². The molecule has 3 aromatic rings. The van der Waals surface area contributed by atoms with Crippen LogP contribution < -0.4 is 24.7 Å². The topological polar surface area (TPSA) is 118 Å². The number of rotatable bonds is 7. The van der Waals surface area contributed by atoms with Crippen LogP contribution in [0.3, 0.4) is 0 Å². The van der Waals surface area contributed by atoms with Gasteiger partial charge in [-0.25, -0.2) is 4.98 Å². The minimum Gasteiger partial charge on any atom is -0.493 e. The van der Waals surface area contributed by atoms with E-state index in [0.717, 1.165) is 11.1 Å². The second-order valence-corrected chi connectivity index (χ2v) is 8.12. The predicted molar refractivity (Wildman–Crippen MR) is 119 cm³/mol. The van der Waals surface area contributed by atoms with Gasteiger partial charge in [-0.05, 0) is 38.3 Å². The van der Waals surface area contributed by atoms with E-state index in [4.69, 9.17) is 29.8 Å². The number of aromatic nitrogens is 2. The van der Waals surface area contributed by atoms with Crippen LogP contribution in [0.15, 0.2) is 24.3 Å². The third-order valence-electron chi connectivity index (χ3n) is 5.94. The van der Waals surface area contributed by atoms with E-state index in [1.54, 1.807) is 24.9 Å². The smallest absolute Gasteiger partial charge is 0.303 e. The monoisotopic (exact) mass is 441 g/mol. The van der Waals surface area contributed by atoms with Crippen LogP contribution in [0.5, 0.6) is 28.7 Å². The fourth-order valence-corrected chi connectivity index (χ4v) is 4.08. The van der Waals surface area contributed by atoms with Crippen LogP contribution in [0.4, 0.5) is 5.95 Å². The second-order valence-electron chi connectivity index (χ2n) is 8.12. The van der Waals surface area contributed by atoms with Gasteiger partial charge in [0.25, 0.3) is 0 Å². The highest BCUT2D eigenvalue weighted by molar-refractivity contribution is 5.85. The average molecular weight is 441 g/mol. The highest BCUT2D eigenvalue weighted by Gasteiger charge is 2.36. The van der Waals surface area contributed by atoms with Gasteiger partial charge in [0.15, 0.2) is 17.2 Å². The number of anilines is 1. The highest BCUT2D eigenvalue weighted by Crippen LogP contribution is 2.51. The van der Waals surface area contributed by atoms with Gasteiger partial charge < -0.3 is 34.4 Å². The van der Waals surface area contributed by atoms with Gasteiger partial charge in [-0.3, -0.25) is 4.79 Å². The number of aryl methyl sites for hydroxylation is 1. The Kier molecular flexibility index (Phi) is 5.50. The third-order valence-corrected chi connectivity index (χ3v) is 5.94. The van der Waals surface area contributed by atoms with E-state index in [1.807, 2.05) is 32.2 Å². The molecule has 0 bridgehead atoms. The van der Waals surface area contributed by atoms with Crippen LogP contribution in [0, 0.1) is 0 Å². The summed E-state index contributed by atoms with van der Waals surface area (Å²) in [6.45, 7) is 1.93. The van der Waals surface area contributed by atoms with Gasteiger partial charge in [0.05, 0.1) is 19.7 Å². The molecule has 1 aliphatic heterocycles. The number of benzene rings is 2. The molecule has 2 heterocycles. The lowest BCUT2D eigenvalue weighted by molar-refractivity contribution is -0.138. The number of carbonyl (C=O) groups is 1. The number of hydrogen-bond acceptors (Lipinski definition) is 7. The van der Waals surface area contributed by atoms with Crippen molar-refractivity contribution in [3.63, 3.8) is 0 Å². The Labute approximate surface area is 185 Å². The molecule has 9 nitrogen and oxygen atoms in total. The van der Waals surface area contributed by atoms with Gasteiger partial charge in [-0.15, -0.1) is 0 Å². The Hall–Kier alpha value is -3.62. The summed E-state index contributed by atoms with van der Waals surface area (Å²) in [7, 11) is 4.95. The van der Waals surface area contributed by atoms with Crippen LogP contribution >= 0.6 is 0 Å². The van der Waals surface area contributed by atoms with Crippen LogP contribution in [0.1, 0.15) is 31.7 Å². The van der Waals surface area contributed by atoms with Crippen molar-refractivity contribution in [1.29, 1.82) is 0 Å². The average Bonchev–Trinajstić information content (AvgIpc) is 3.06. The summed E-state index contributed by atoms with van der Waals surface area (Å²) in [5.74, 6) is 2.03. The van der Waals surface area contributed by atoms with Crippen molar-refractivity contribution in [2.24, 2.45) is 7.05 Å². The minimum absolute atomic E-state index is 0.0402. The number of nitrogens with zero attached hydrogens (tertiary/aromatic N) is 2. The van der Waals surface area contributed by atoms with E-state index in [0.29, 0.717) is 59.5 Å². The van der Waals surface area contributed by atoms with Crippen molar-refractivity contribution in [1.82, 2.24) is 9.55 Å². The zero-order chi connectivity index (χ0) is 23.0.